The smallest absolute Gasteiger partial charge is 0.261 e. The molecule has 0 bridgehead atoms. The molecular formula is C18H21BrN2O3S. The first-order chi connectivity index (χ1) is 11.5. The van der Waals surface area contributed by atoms with Gasteiger partial charge in [-0.05, 0) is 58.0 Å². The summed E-state index contributed by atoms with van der Waals surface area (Å²) in [5.41, 5.74) is 1.01. The lowest BCUT2D eigenvalue weighted by Gasteiger charge is -2.22. The molecule has 5 nitrogen and oxygen atoms in total. The number of carbonyl (C=O) groups excluding carboxylic acids is 1. The van der Waals surface area contributed by atoms with E-state index in [4.69, 9.17) is 0 Å². The van der Waals surface area contributed by atoms with Gasteiger partial charge < -0.3 is 5.32 Å². The highest BCUT2D eigenvalue weighted by atomic mass is 79.9. The van der Waals surface area contributed by atoms with E-state index in [1.807, 2.05) is 27.7 Å². The number of benzene rings is 2. The fraction of sp³-hybridized carbons (Fsp3) is 0.278. The second-order valence-corrected chi connectivity index (χ2v) is 9.41. The summed E-state index contributed by atoms with van der Waals surface area (Å²) in [4.78, 5) is 12.6. The van der Waals surface area contributed by atoms with Crippen LogP contribution in [0, 0.1) is 6.92 Å². The van der Waals surface area contributed by atoms with Crippen molar-refractivity contribution in [3.05, 3.63) is 58.1 Å². The third kappa shape index (κ3) is 5.31. The van der Waals surface area contributed by atoms with Gasteiger partial charge in [0.25, 0.3) is 15.9 Å². The van der Waals surface area contributed by atoms with Crippen LogP contribution in [0.3, 0.4) is 0 Å². The van der Waals surface area contributed by atoms with Gasteiger partial charge in [0.05, 0.1) is 16.1 Å². The first-order valence-corrected chi connectivity index (χ1v) is 9.97. The van der Waals surface area contributed by atoms with Gasteiger partial charge in [0, 0.05) is 10.0 Å². The molecule has 2 aromatic carbocycles. The van der Waals surface area contributed by atoms with Gasteiger partial charge in [-0.2, -0.15) is 0 Å². The Morgan fingerprint density at radius 2 is 1.64 bits per heavy atom. The fourth-order valence-corrected chi connectivity index (χ4v) is 3.56. The lowest BCUT2D eigenvalue weighted by molar-refractivity contribution is 0.0920. The normalized spacial score (nSPS) is 11.9. The van der Waals surface area contributed by atoms with E-state index in [0.717, 1.165) is 5.56 Å². The Balaban J connectivity index is 2.40. The van der Waals surface area contributed by atoms with Crippen molar-refractivity contribution in [3.8, 4) is 0 Å². The zero-order valence-corrected chi connectivity index (χ0v) is 17.0. The summed E-state index contributed by atoms with van der Waals surface area (Å²) in [6.07, 6.45) is 0. The second-order valence-electron chi connectivity index (χ2n) is 6.81. The minimum atomic E-state index is -3.80. The Morgan fingerprint density at radius 3 is 2.20 bits per heavy atom. The highest BCUT2D eigenvalue weighted by Gasteiger charge is 2.21. The van der Waals surface area contributed by atoms with Gasteiger partial charge in [-0.3, -0.25) is 9.52 Å². The molecule has 0 unspecified atom stereocenters. The van der Waals surface area contributed by atoms with E-state index in [1.54, 1.807) is 30.3 Å². The average molecular weight is 425 g/mol. The van der Waals surface area contributed by atoms with Crippen molar-refractivity contribution in [1.82, 2.24) is 5.32 Å². The van der Waals surface area contributed by atoms with E-state index in [9.17, 15) is 13.2 Å². The third-order valence-electron chi connectivity index (χ3n) is 3.29. The molecule has 0 aliphatic rings. The molecule has 0 aliphatic heterocycles. The summed E-state index contributed by atoms with van der Waals surface area (Å²) in [6, 6.07) is 11.4. The SMILES string of the molecule is Cc1ccc(S(=O)(=O)Nc2cc(Br)ccc2C(=O)NC(C)(C)C)cc1. The molecule has 0 heterocycles. The number of amides is 1. The first-order valence-electron chi connectivity index (χ1n) is 7.69. The maximum Gasteiger partial charge on any atom is 0.261 e. The maximum absolute atomic E-state index is 12.6. The van der Waals surface area contributed by atoms with Crippen LogP contribution in [0.2, 0.25) is 0 Å². The summed E-state index contributed by atoms with van der Waals surface area (Å²) < 4.78 is 28.4. The van der Waals surface area contributed by atoms with E-state index in [1.165, 1.54) is 12.1 Å². The van der Waals surface area contributed by atoms with Gasteiger partial charge in [0.15, 0.2) is 0 Å². The van der Waals surface area contributed by atoms with Crippen molar-refractivity contribution in [3.63, 3.8) is 0 Å². The molecule has 0 atom stereocenters. The Bertz CT molecular complexity index is 886. The molecular weight excluding hydrogens is 404 g/mol. The molecule has 0 saturated heterocycles. The minimum Gasteiger partial charge on any atom is -0.347 e. The van der Waals surface area contributed by atoms with E-state index in [-0.39, 0.29) is 22.1 Å². The molecule has 2 rings (SSSR count). The lowest BCUT2D eigenvalue weighted by Crippen LogP contribution is -2.40. The third-order valence-corrected chi connectivity index (χ3v) is 5.17. The van der Waals surface area contributed by atoms with Crippen LogP contribution in [-0.2, 0) is 10.0 Å². The molecule has 2 N–H and O–H groups in total. The second kappa shape index (κ2) is 7.17. The number of sulfonamides is 1. The van der Waals surface area contributed by atoms with Crippen molar-refractivity contribution < 1.29 is 13.2 Å². The predicted octanol–water partition coefficient (Wildman–Crippen LogP) is 4.09. The lowest BCUT2D eigenvalue weighted by atomic mass is 10.1. The van der Waals surface area contributed by atoms with Gasteiger partial charge in [-0.1, -0.05) is 33.6 Å². The van der Waals surface area contributed by atoms with Crippen molar-refractivity contribution in [2.75, 3.05) is 4.72 Å². The number of anilines is 1. The van der Waals surface area contributed by atoms with Gasteiger partial charge >= 0.3 is 0 Å². The molecule has 134 valence electrons. The van der Waals surface area contributed by atoms with Crippen LogP contribution < -0.4 is 10.0 Å². The number of halogens is 1. The molecule has 0 spiro atoms. The minimum absolute atomic E-state index is 0.139. The molecule has 0 aliphatic carbocycles. The van der Waals surface area contributed by atoms with Gasteiger partial charge in [-0.25, -0.2) is 8.42 Å². The first kappa shape index (κ1) is 19.5. The molecule has 0 aromatic heterocycles. The average Bonchev–Trinajstić information content (AvgIpc) is 2.45. The maximum atomic E-state index is 12.6. The molecule has 0 saturated carbocycles. The number of rotatable bonds is 4. The van der Waals surface area contributed by atoms with Gasteiger partial charge in [0.1, 0.15) is 0 Å². The number of nitrogens with one attached hydrogen (secondary N) is 2. The van der Waals surface area contributed by atoms with Crippen LogP contribution in [-0.4, -0.2) is 19.9 Å². The zero-order valence-electron chi connectivity index (χ0n) is 14.6. The van der Waals surface area contributed by atoms with Crippen LogP contribution in [0.4, 0.5) is 5.69 Å². The highest BCUT2D eigenvalue weighted by molar-refractivity contribution is 9.10. The predicted molar refractivity (Wildman–Crippen MR) is 103 cm³/mol. The number of hydrogen-bond acceptors (Lipinski definition) is 3. The Labute approximate surface area is 157 Å². The zero-order chi connectivity index (χ0) is 18.8. The Morgan fingerprint density at radius 1 is 1.04 bits per heavy atom. The van der Waals surface area contributed by atoms with Gasteiger partial charge in [0.2, 0.25) is 0 Å². The van der Waals surface area contributed by atoms with Crippen LogP contribution in [0.1, 0.15) is 36.7 Å². The van der Waals surface area contributed by atoms with Gasteiger partial charge in [-0.15, -0.1) is 0 Å². The molecule has 1 amide bonds. The Kier molecular flexibility index (Phi) is 5.58. The van der Waals surface area contributed by atoms with Crippen molar-refractivity contribution in [1.29, 1.82) is 0 Å². The molecule has 0 fully saturated rings. The van der Waals surface area contributed by atoms with E-state index < -0.39 is 15.6 Å². The summed E-state index contributed by atoms with van der Waals surface area (Å²) in [5.74, 6) is -0.346. The number of hydrogen-bond donors (Lipinski definition) is 2. The largest absolute Gasteiger partial charge is 0.347 e. The summed E-state index contributed by atoms with van der Waals surface area (Å²) in [5, 5.41) is 2.84. The monoisotopic (exact) mass is 424 g/mol. The van der Waals surface area contributed by atoms with Crippen LogP contribution in [0.15, 0.2) is 51.8 Å². The molecule has 0 radical (unpaired) electrons. The molecule has 25 heavy (non-hydrogen) atoms. The van der Waals surface area contributed by atoms with Crippen LogP contribution >= 0.6 is 15.9 Å². The number of aryl methyl sites for hydroxylation is 1. The summed E-state index contributed by atoms with van der Waals surface area (Å²) in [6.45, 7) is 7.47. The molecule has 2 aromatic rings. The van der Waals surface area contributed by atoms with Crippen LogP contribution in [0.25, 0.3) is 0 Å². The van der Waals surface area contributed by atoms with Crippen molar-refractivity contribution >= 4 is 37.5 Å². The fourth-order valence-electron chi connectivity index (χ4n) is 2.13. The summed E-state index contributed by atoms with van der Waals surface area (Å²) in [7, 11) is -3.80. The highest BCUT2D eigenvalue weighted by Crippen LogP contribution is 2.25. The van der Waals surface area contributed by atoms with E-state index in [0.29, 0.717) is 4.47 Å². The van der Waals surface area contributed by atoms with Crippen LogP contribution in [0.5, 0.6) is 0 Å². The Hall–Kier alpha value is -1.86. The van der Waals surface area contributed by atoms with Crippen molar-refractivity contribution in [2.24, 2.45) is 0 Å². The van der Waals surface area contributed by atoms with E-state index in [2.05, 4.69) is 26.0 Å². The summed E-state index contributed by atoms with van der Waals surface area (Å²) >= 11 is 3.31. The van der Waals surface area contributed by atoms with Crippen molar-refractivity contribution in [2.45, 2.75) is 38.1 Å². The van der Waals surface area contributed by atoms with E-state index >= 15 is 0 Å². The molecule has 7 heteroatoms. The number of carbonyl (C=O) groups is 1. The standard InChI is InChI=1S/C18H21BrN2O3S/c1-12-5-8-14(9-6-12)25(23,24)21-16-11-13(19)7-10-15(16)17(22)20-18(2,3)4/h5-11,21H,1-4H3,(H,20,22). The quantitative estimate of drug-likeness (QED) is 0.775. The topological polar surface area (TPSA) is 75.3 Å².